The molecule has 7 heteroatoms. The molecule has 4 rings (SSSR count). The van der Waals surface area contributed by atoms with Gasteiger partial charge in [0.25, 0.3) is 0 Å². The predicted molar refractivity (Wildman–Crippen MR) is 101 cm³/mol. The number of fused-ring (bicyclic) bond motifs is 2. The van der Waals surface area contributed by atoms with E-state index in [1.807, 2.05) is 6.07 Å². The normalized spacial score (nSPS) is 17.8. The first kappa shape index (κ1) is 18.8. The fourth-order valence-corrected chi connectivity index (χ4v) is 3.67. The number of phenolic OH excluding ortho intramolecular Hbond substituents is 2. The summed E-state index contributed by atoms with van der Waals surface area (Å²) in [5.41, 5.74) is 5.71. The quantitative estimate of drug-likeness (QED) is 0.506. The maximum atomic E-state index is 10.3. The first-order valence-corrected chi connectivity index (χ1v) is 9.05. The summed E-state index contributed by atoms with van der Waals surface area (Å²) < 4.78 is 0. The standard InChI is InChI=1S/C17H17NO2.C2H2Cl2O2/c1-18-8-7-10-3-2-4-12-15(10)13(18)9-11-5-6-14(19)17(20)16(11)12;3-1(4)2(5)6/h2-6,13,19-20H,7-9H2,1H3;1H,(H,5,6)/t13-;/m1./s1. The summed E-state index contributed by atoms with van der Waals surface area (Å²) >= 11 is 9.56. The fraction of sp³-hybridized carbons (Fsp3) is 0.316. The third kappa shape index (κ3) is 3.34. The van der Waals surface area contributed by atoms with Crippen LogP contribution in [0.1, 0.15) is 22.7 Å². The molecule has 138 valence electrons. The largest absolute Gasteiger partial charge is 0.504 e. The number of alkyl halides is 2. The average Bonchev–Trinajstić information content (AvgIpc) is 2.61. The van der Waals surface area contributed by atoms with Crippen molar-refractivity contribution in [3.05, 3.63) is 47.0 Å². The van der Waals surface area contributed by atoms with Gasteiger partial charge in [-0.1, -0.05) is 47.5 Å². The number of carboxylic acid groups (broad SMARTS) is 1. The summed E-state index contributed by atoms with van der Waals surface area (Å²) in [6.07, 6.45) is 1.94. The van der Waals surface area contributed by atoms with Gasteiger partial charge in [-0.15, -0.1) is 0 Å². The van der Waals surface area contributed by atoms with Crippen LogP contribution in [0.4, 0.5) is 0 Å². The minimum absolute atomic E-state index is 0.0163. The van der Waals surface area contributed by atoms with Gasteiger partial charge in [-0.25, -0.2) is 4.79 Å². The maximum Gasteiger partial charge on any atom is 0.337 e. The highest BCUT2D eigenvalue weighted by Gasteiger charge is 2.34. The fourth-order valence-electron chi connectivity index (χ4n) is 3.67. The number of hydrogen-bond donors (Lipinski definition) is 3. The van der Waals surface area contributed by atoms with Gasteiger partial charge in [0.2, 0.25) is 4.84 Å². The number of likely N-dealkylation sites (N-methyl/N-ethyl adjacent to an activating group) is 1. The van der Waals surface area contributed by atoms with Gasteiger partial charge < -0.3 is 15.3 Å². The highest BCUT2D eigenvalue weighted by atomic mass is 35.5. The number of halogens is 2. The molecule has 1 aliphatic carbocycles. The lowest BCUT2D eigenvalue weighted by Gasteiger charge is -2.39. The molecule has 5 nitrogen and oxygen atoms in total. The lowest BCUT2D eigenvalue weighted by atomic mass is 9.77. The third-order valence-corrected chi connectivity index (χ3v) is 5.28. The zero-order valence-corrected chi connectivity index (χ0v) is 15.6. The van der Waals surface area contributed by atoms with Crippen molar-refractivity contribution in [2.45, 2.75) is 23.7 Å². The van der Waals surface area contributed by atoms with Crippen molar-refractivity contribution in [2.24, 2.45) is 0 Å². The Morgan fingerprint density at radius 1 is 1.19 bits per heavy atom. The van der Waals surface area contributed by atoms with Gasteiger partial charge in [-0.2, -0.15) is 0 Å². The molecule has 0 spiro atoms. The van der Waals surface area contributed by atoms with E-state index in [9.17, 15) is 15.0 Å². The molecule has 0 amide bonds. The number of benzene rings is 2. The molecule has 26 heavy (non-hydrogen) atoms. The van der Waals surface area contributed by atoms with Gasteiger partial charge in [0.15, 0.2) is 11.5 Å². The van der Waals surface area contributed by atoms with Gasteiger partial charge >= 0.3 is 5.97 Å². The van der Waals surface area contributed by atoms with E-state index in [1.165, 1.54) is 11.1 Å². The van der Waals surface area contributed by atoms with Gasteiger partial charge in [0.1, 0.15) is 0 Å². The second-order valence-corrected chi connectivity index (χ2v) is 7.53. The Labute approximate surface area is 161 Å². The first-order chi connectivity index (χ1) is 12.3. The van der Waals surface area contributed by atoms with Gasteiger partial charge in [-0.05, 0) is 48.2 Å². The molecular formula is C19H19Cl2NO4. The van der Waals surface area contributed by atoms with Crippen molar-refractivity contribution in [1.29, 1.82) is 0 Å². The number of hydrogen-bond acceptors (Lipinski definition) is 4. The highest BCUT2D eigenvalue weighted by Crippen LogP contribution is 2.49. The summed E-state index contributed by atoms with van der Waals surface area (Å²) in [7, 11) is 2.16. The van der Waals surface area contributed by atoms with E-state index in [-0.39, 0.29) is 11.5 Å². The zero-order valence-electron chi connectivity index (χ0n) is 14.1. The molecule has 0 saturated heterocycles. The summed E-state index contributed by atoms with van der Waals surface area (Å²) in [5, 5.41) is 27.8. The van der Waals surface area contributed by atoms with Crippen molar-refractivity contribution in [3.63, 3.8) is 0 Å². The molecule has 2 aromatic carbocycles. The van der Waals surface area contributed by atoms with Crippen LogP contribution in [0.15, 0.2) is 30.3 Å². The van der Waals surface area contributed by atoms with E-state index in [2.05, 4.69) is 30.1 Å². The van der Waals surface area contributed by atoms with Crippen molar-refractivity contribution in [1.82, 2.24) is 4.90 Å². The first-order valence-electron chi connectivity index (χ1n) is 8.18. The number of rotatable bonds is 1. The van der Waals surface area contributed by atoms with E-state index in [0.29, 0.717) is 6.04 Å². The molecule has 0 fully saturated rings. The lowest BCUT2D eigenvalue weighted by molar-refractivity contribution is -0.135. The molecule has 3 N–H and O–H groups in total. The van der Waals surface area contributed by atoms with E-state index < -0.39 is 10.8 Å². The smallest absolute Gasteiger partial charge is 0.337 e. The molecule has 0 bridgehead atoms. The molecule has 0 saturated carbocycles. The number of carboxylic acids is 1. The maximum absolute atomic E-state index is 10.3. The van der Waals surface area contributed by atoms with Crippen molar-refractivity contribution >= 4 is 29.2 Å². The van der Waals surface area contributed by atoms with Crippen LogP contribution < -0.4 is 0 Å². The second kappa shape index (κ2) is 7.35. The lowest BCUT2D eigenvalue weighted by Crippen LogP contribution is -2.35. The molecule has 0 radical (unpaired) electrons. The molecule has 1 atom stereocenters. The van der Waals surface area contributed by atoms with Crippen LogP contribution in [0, 0.1) is 0 Å². The Balaban J connectivity index is 0.000000286. The Bertz CT molecular complexity index is 854. The van der Waals surface area contributed by atoms with Crippen LogP contribution in [0.25, 0.3) is 11.1 Å². The van der Waals surface area contributed by atoms with Crippen LogP contribution in [-0.2, 0) is 17.6 Å². The molecular weight excluding hydrogens is 377 g/mol. The Kier molecular flexibility index (Phi) is 5.32. The molecule has 1 aliphatic heterocycles. The van der Waals surface area contributed by atoms with Gasteiger partial charge in [0, 0.05) is 18.2 Å². The van der Waals surface area contributed by atoms with Crippen LogP contribution in [0.5, 0.6) is 11.5 Å². The topological polar surface area (TPSA) is 81.0 Å². The number of carbonyl (C=O) groups is 1. The summed E-state index contributed by atoms with van der Waals surface area (Å²) in [4.78, 5) is 10.5. The van der Waals surface area contributed by atoms with E-state index in [4.69, 9.17) is 28.3 Å². The van der Waals surface area contributed by atoms with E-state index >= 15 is 0 Å². The number of nitrogens with zero attached hydrogens (tertiary/aromatic N) is 1. The second-order valence-electron chi connectivity index (χ2n) is 6.44. The molecule has 0 aromatic heterocycles. The highest BCUT2D eigenvalue weighted by molar-refractivity contribution is 6.52. The van der Waals surface area contributed by atoms with Crippen LogP contribution in [0.3, 0.4) is 0 Å². The van der Waals surface area contributed by atoms with Crippen molar-refractivity contribution in [2.75, 3.05) is 13.6 Å². The van der Waals surface area contributed by atoms with Crippen LogP contribution in [-0.4, -0.2) is 44.6 Å². The van der Waals surface area contributed by atoms with Gasteiger partial charge in [0.05, 0.1) is 0 Å². The number of aromatic hydroxyl groups is 2. The number of phenols is 2. The van der Waals surface area contributed by atoms with Crippen LogP contribution >= 0.6 is 23.2 Å². The SMILES string of the molecule is CN1CCc2cccc3c2[C@H]1Cc1ccc(O)c(O)c1-3.O=C(O)C(Cl)Cl. The number of aliphatic carboxylic acids is 1. The summed E-state index contributed by atoms with van der Waals surface area (Å²) in [6.45, 7) is 1.07. The zero-order chi connectivity index (χ0) is 19.0. The minimum Gasteiger partial charge on any atom is -0.504 e. The average molecular weight is 396 g/mol. The Hall–Kier alpha value is -1.95. The predicted octanol–water partition coefficient (Wildman–Crippen LogP) is 3.72. The summed E-state index contributed by atoms with van der Waals surface area (Å²) in [5.74, 6) is -1.23. The van der Waals surface area contributed by atoms with E-state index in [0.717, 1.165) is 36.1 Å². The summed E-state index contributed by atoms with van der Waals surface area (Å²) in [6, 6.07) is 10.2. The molecule has 1 heterocycles. The Morgan fingerprint density at radius 2 is 1.88 bits per heavy atom. The molecule has 2 aliphatic rings. The third-order valence-electron chi connectivity index (χ3n) is 4.91. The monoisotopic (exact) mass is 395 g/mol. The van der Waals surface area contributed by atoms with E-state index in [1.54, 1.807) is 6.07 Å². The molecule has 0 unspecified atom stereocenters. The van der Waals surface area contributed by atoms with Crippen molar-refractivity contribution in [3.8, 4) is 22.6 Å². The van der Waals surface area contributed by atoms with Gasteiger partial charge in [-0.3, -0.25) is 4.90 Å². The minimum atomic E-state index is -1.29. The van der Waals surface area contributed by atoms with Crippen molar-refractivity contribution < 1.29 is 20.1 Å². The van der Waals surface area contributed by atoms with Crippen LogP contribution in [0.2, 0.25) is 0 Å². The Morgan fingerprint density at radius 3 is 2.54 bits per heavy atom. The molecule has 2 aromatic rings.